The standard InChI is InChI=1S/C20H32N2O.ClH/c1-20(2,3)18-10-8-16(9-11-18)6-4-5-7-19(23)22-13-12-17(14-21)15-22;/h8-11,17H,4-7,12-15,21H2,1-3H3;1H. The number of benzene rings is 1. The van der Waals surface area contributed by atoms with Crippen molar-refractivity contribution in [1.82, 2.24) is 4.90 Å². The quantitative estimate of drug-likeness (QED) is 0.788. The molecule has 1 atom stereocenters. The van der Waals surface area contributed by atoms with Crippen LogP contribution in [-0.2, 0) is 16.6 Å². The van der Waals surface area contributed by atoms with Crippen molar-refractivity contribution in [2.75, 3.05) is 19.6 Å². The van der Waals surface area contributed by atoms with Gasteiger partial charge in [0.1, 0.15) is 0 Å². The normalized spacial score (nSPS) is 17.7. The highest BCUT2D eigenvalue weighted by atomic mass is 35.5. The fourth-order valence-electron chi connectivity index (χ4n) is 3.19. The summed E-state index contributed by atoms with van der Waals surface area (Å²) < 4.78 is 0. The van der Waals surface area contributed by atoms with Gasteiger partial charge in [0.2, 0.25) is 5.91 Å². The number of halogens is 1. The zero-order chi connectivity index (χ0) is 16.9. The van der Waals surface area contributed by atoms with E-state index in [9.17, 15) is 4.79 Å². The van der Waals surface area contributed by atoms with E-state index >= 15 is 0 Å². The molecule has 1 aromatic rings. The molecular formula is C20H33ClN2O. The SMILES string of the molecule is CC(C)(C)c1ccc(CCCCC(=O)N2CCC(CN)C2)cc1.Cl. The maximum Gasteiger partial charge on any atom is 0.222 e. The van der Waals surface area contributed by atoms with Crippen LogP contribution in [0.5, 0.6) is 0 Å². The van der Waals surface area contributed by atoms with E-state index in [1.54, 1.807) is 0 Å². The van der Waals surface area contributed by atoms with E-state index in [-0.39, 0.29) is 17.8 Å². The summed E-state index contributed by atoms with van der Waals surface area (Å²) in [5, 5.41) is 0. The van der Waals surface area contributed by atoms with Gasteiger partial charge in [-0.05, 0) is 54.7 Å². The number of hydrogen-bond donors (Lipinski definition) is 1. The number of unbranched alkanes of at least 4 members (excludes halogenated alkanes) is 1. The molecule has 3 nitrogen and oxygen atoms in total. The molecule has 1 amide bonds. The fourth-order valence-corrected chi connectivity index (χ4v) is 3.19. The molecule has 24 heavy (non-hydrogen) atoms. The van der Waals surface area contributed by atoms with E-state index in [2.05, 4.69) is 45.0 Å². The van der Waals surface area contributed by atoms with Crippen LogP contribution in [0.2, 0.25) is 0 Å². The molecule has 1 fully saturated rings. The molecule has 136 valence electrons. The predicted octanol–water partition coefficient (Wildman–Crippen LogP) is 3.93. The maximum absolute atomic E-state index is 12.2. The van der Waals surface area contributed by atoms with Crippen molar-refractivity contribution in [2.45, 2.75) is 58.3 Å². The predicted molar refractivity (Wildman–Crippen MR) is 104 cm³/mol. The Labute approximate surface area is 153 Å². The van der Waals surface area contributed by atoms with Crippen molar-refractivity contribution in [2.24, 2.45) is 11.7 Å². The Morgan fingerprint density at radius 3 is 2.42 bits per heavy atom. The number of hydrogen-bond acceptors (Lipinski definition) is 2. The van der Waals surface area contributed by atoms with Crippen molar-refractivity contribution >= 4 is 18.3 Å². The largest absolute Gasteiger partial charge is 0.342 e. The van der Waals surface area contributed by atoms with Crippen molar-refractivity contribution < 1.29 is 4.79 Å². The van der Waals surface area contributed by atoms with Crippen molar-refractivity contribution in [3.8, 4) is 0 Å². The summed E-state index contributed by atoms with van der Waals surface area (Å²) in [6.07, 6.45) is 4.86. The summed E-state index contributed by atoms with van der Waals surface area (Å²) in [5.41, 5.74) is 8.64. The molecule has 4 heteroatoms. The van der Waals surface area contributed by atoms with E-state index in [0.717, 1.165) is 38.8 Å². The van der Waals surface area contributed by atoms with Crippen LogP contribution >= 0.6 is 12.4 Å². The second-order valence-electron chi connectivity index (χ2n) is 7.88. The smallest absolute Gasteiger partial charge is 0.222 e. The number of likely N-dealkylation sites (tertiary alicyclic amines) is 1. The first-order valence-electron chi connectivity index (χ1n) is 8.97. The van der Waals surface area contributed by atoms with Gasteiger partial charge in [-0.2, -0.15) is 0 Å². The van der Waals surface area contributed by atoms with Gasteiger partial charge in [-0.25, -0.2) is 0 Å². The minimum atomic E-state index is 0. The molecule has 1 aromatic carbocycles. The van der Waals surface area contributed by atoms with E-state index < -0.39 is 0 Å². The Kier molecular flexibility index (Phi) is 8.24. The number of amides is 1. The molecule has 0 radical (unpaired) electrons. The molecule has 0 spiro atoms. The Morgan fingerprint density at radius 2 is 1.88 bits per heavy atom. The summed E-state index contributed by atoms with van der Waals surface area (Å²) in [7, 11) is 0. The molecule has 1 heterocycles. The highest BCUT2D eigenvalue weighted by Crippen LogP contribution is 2.23. The van der Waals surface area contributed by atoms with Crippen LogP contribution in [0.1, 0.15) is 57.6 Å². The number of rotatable bonds is 6. The average Bonchev–Trinajstić information content (AvgIpc) is 3.00. The van der Waals surface area contributed by atoms with Crippen molar-refractivity contribution in [3.63, 3.8) is 0 Å². The molecule has 0 saturated carbocycles. The Bertz CT molecular complexity index is 507. The van der Waals surface area contributed by atoms with Gasteiger partial charge in [-0.15, -0.1) is 12.4 Å². The van der Waals surface area contributed by atoms with E-state index in [4.69, 9.17) is 5.73 Å². The van der Waals surface area contributed by atoms with Crippen LogP contribution < -0.4 is 5.73 Å². The van der Waals surface area contributed by atoms with Gasteiger partial charge in [-0.3, -0.25) is 4.79 Å². The minimum absolute atomic E-state index is 0. The fraction of sp³-hybridized carbons (Fsp3) is 0.650. The van der Waals surface area contributed by atoms with Crippen molar-refractivity contribution in [1.29, 1.82) is 0 Å². The molecule has 2 rings (SSSR count). The third-order valence-electron chi connectivity index (χ3n) is 4.90. The van der Waals surface area contributed by atoms with Crippen LogP contribution in [0.3, 0.4) is 0 Å². The highest BCUT2D eigenvalue weighted by Gasteiger charge is 2.24. The minimum Gasteiger partial charge on any atom is -0.342 e. The summed E-state index contributed by atoms with van der Waals surface area (Å²) in [6.45, 7) is 9.18. The number of aryl methyl sites for hydroxylation is 1. The number of carbonyl (C=O) groups is 1. The molecule has 0 bridgehead atoms. The molecule has 1 aliphatic rings. The Balaban J connectivity index is 0.00000288. The number of carbonyl (C=O) groups excluding carboxylic acids is 1. The molecular weight excluding hydrogens is 320 g/mol. The van der Waals surface area contributed by atoms with Crippen molar-refractivity contribution in [3.05, 3.63) is 35.4 Å². The van der Waals surface area contributed by atoms with Gasteiger partial charge in [0.25, 0.3) is 0 Å². The van der Waals surface area contributed by atoms with Crippen LogP contribution in [0, 0.1) is 5.92 Å². The van der Waals surface area contributed by atoms with Crippen LogP contribution in [0.25, 0.3) is 0 Å². The average molecular weight is 353 g/mol. The first-order valence-corrected chi connectivity index (χ1v) is 8.97. The number of nitrogens with zero attached hydrogens (tertiary/aromatic N) is 1. The molecule has 1 aliphatic heterocycles. The second-order valence-corrected chi connectivity index (χ2v) is 7.88. The lowest BCUT2D eigenvalue weighted by molar-refractivity contribution is -0.130. The summed E-state index contributed by atoms with van der Waals surface area (Å²) in [4.78, 5) is 14.2. The second kappa shape index (κ2) is 9.43. The monoisotopic (exact) mass is 352 g/mol. The third-order valence-corrected chi connectivity index (χ3v) is 4.90. The molecule has 0 aliphatic carbocycles. The molecule has 2 N–H and O–H groups in total. The van der Waals surface area contributed by atoms with E-state index in [1.165, 1.54) is 11.1 Å². The third kappa shape index (κ3) is 6.10. The molecule has 0 aromatic heterocycles. The van der Waals surface area contributed by atoms with Gasteiger partial charge >= 0.3 is 0 Å². The van der Waals surface area contributed by atoms with Crippen LogP contribution in [0.15, 0.2) is 24.3 Å². The molecule has 1 unspecified atom stereocenters. The lowest BCUT2D eigenvalue weighted by atomic mass is 9.86. The lowest BCUT2D eigenvalue weighted by Gasteiger charge is -2.19. The first kappa shape index (κ1) is 21.0. The Hall–Kier alpha value is -1.06. The van der Waals surface area contributed by atoms with Gasteiger partial charge in [0, 0.05) is 19.5 Å². The summed E-state index contributed by atoms with van der Waals surface area (Å²) >= 11 is 0. The lowest BCUT2D eigenvalue weighted by Crippen LogP contribution is -2.29. The Morgan fingerprint density at radius 1 is 1.21 bits per heavy atom. The maximum atomic E-state index is 12.2. The summed E-state index contributed by atoms with van der Waals surface area (Å²) in [5.74, 6) is 0.823. The van der Waals surface area contributed by atoms with E-state index in [0.29, 0.717) is 24.8 Å². The zero-order valence-electron chi connectivity index (χ0n) is 15.4. The van der Waals surface area contributed by atoms with Gasteiger partial charge in [-0.1, -0.05) is 45.0 Å². The first-order chi connectivity index (χ1) is 10.9. The van der Waals surface area contributed by atoms with E-state index in [1.807, 2.05) is 4.90 Å². The molecule has 1 saturated heterocycles. The van der Waals surface area contributed by atoms with Crippen LogP contribution in [0.4, 0.5) is 0 Å². The summed E-state index contributed by atoms with van der Waals surface area (Å²) in [6, 6.07) is 8.93. The van der Waals surface area contributed by atoms with Gasteiger partial charge in [0.15, 0.2) is 0 Å². The van der Waals surface area contributed by atoms with Crippen LogP contribution in [-0.4, -0.2) is 30.4 Å². The highest BCUT2D eigenvalue weighted by molar-refractivity contribution is 5.85. The number of nitrogens with two attached hydrogens (primary N) is 1. The van der Waals surface area contributed by atoms with Gasteiger partial charge < -0.3 is 10.6 Å². The van der Waals surface area contributed by atoms with Gasteiger partial charge in [0.05, 0.1) is 0 Å². The topological polar surface area (TPSA) is 46.3 Å². The zero-order valence-corrected chi connectivity index (χ0v) is 16.2.